The number of esters is 1. The van der Waals surface area contributed by atoms with Gasteiger partial charge in [0.15, 0.2) is 8.32 Å². The van der Waals surface area contributed by atoms with Crippen LogP contribution in [-0.4, -0.2) is 43.8 Å². The lowest BCUT2D eigenvalue weighted by atomic mass is 9.83. The number of carbonyl (C=O) groups excluding carboxylic acids is 2. The Hall–Kier alpha value is -0.853. The van der Waals surface area contributed by atoms with Gasteiger partial charge in [-0.3, -0.25) is 4.79 Å². The van der Waals surface area contributed by atoms with E-state index in [2.05, 4.69) is 33.9 Å². The lowest BCUT2D eigenvalue weighted by Crippen LogP contribution is -2.63. The molecule has 136 valence electrons. The quantitative estimate of drug-likeness (QED) is 0.419. The van der Waals surface area contributed by atoms with Gasteiger partial charge < -0.3 is 14.1 Å². The van der Waals surface area contributed by atoms with Crippen molar-refractivity contribution in [2.75, 3.05) is 6.61 Å². The number of hydrogen-bond donors (Lipinski definition) is 0. The molecule has 2 heterocycles. The van der Waals surface area contributed by atoms with E-state index in [1.807, 2.05) is 6.92 Å². The van der Waals surface area contributed by atoms with Crippen LogP contribution in [0.1, 0.15) is 41.0 Å². The van der Waals surface area contributed by atoms with Crippen LogP contribution in [0.15, 0.2) is 10.7 Å². The van der Waals surface area contributed by atoms with Crippen LogP contribution in [0, 0.1) is 5.92 Å². The van der Waals surface area contributed by atoms with E-state index in [0.29, 0.717) is 11.5 Å². The van der Waals surface area contributed by atoms with E-state index < -0.39 is 14.3 Å². The van der Waals surface area contributed by atoms with E-state index in [4.69, 9.17) is 20.8 Å². The van der Waals surface area contributed by atoms with E-state index in [9.17, 15) is 9.59 Å². The molecule has 5 nitrogen and oxygen atoms in total. The van der Waals surface area contributed by atoms with Crippen molar-refractivity contribution >= 4 is 31.8 Å². The van der Waals surface area contributed by atoms with Gasteiger partial charge in [0.1, 0.15) is 5.70 Å². The number of ether oxygens (including phenoxy) is 1. The molecule has 2 aliphatic heterocycles. The molecule has 1 amide bonds. The Morgan fingerprint density at radius 2 is 2.00 bits per heavy atom. The summed E-state index contributed by atoms with van der Waals surface area (Å²) < 4.78 is 11.4. The molecule has 3 atom stereocenters. The van der Waals surface area contributed by atoms with Crippen LogP contribution in [0.25, 0.3) is 0 Å². The molecule has 0 unspecified atom stereocenters. The van der Waals surface area contributed by atoms with Gasteiger partial charge in [-0.15, -0.1) is 0 Å². The highest BCUT2D eigenvalue weighted by Gasteiger charge is 2.58. The fourth-order valence-electron chi connectivity index (χ4n) is 3.11. The van der Waals surface area contributed by atoms with Crippen molar-refractivity contribution in [3.8, 4) is 0 Å². The van der Waals surface area contributed by atoms with Gasteiger partial charge in [-0.1, -0.05) is 32.4 Å². The first kappa shape index (κ1) is 19.5. The molecule has 1 fully saturated rings. The van der Waals surface area contributed by atoms with Crippen molar-refractivity contribution < 1.29 is 18.8 Å². The minimum Gasteiger partial charge on any atom is -0.461 e. The van der Waals surface area contributed by atoms with Gasteiger partial charge in [0.25, 0.3) is 0 Å². The normalized spacial score (nSPS) is 25.5. The predicted molar refractivity (Wildman–Crippen MR) is 96.0 cm³/mol. The molecule has 0 aromatic carbocycles. The zero-order valence-corrected chi connectivity index (χ0v) is 17.4. The maximum absolute atomic E-state index is 12.6. The molecule has 0 aromatic rings. The van der Waals surface area contributed by atoms with Crippen LogP contribution < -0.4 is 0 Å². The standard InChI is InChI=1S/C17H28ClNO4Si/c1-8-22-16(21)14-11(18)9-12-13(15(20)19(12)14)10(2)23-24(6,7)17(3,4)5/h10,12-13H,8-9H2,1-7H3/t10-,12-,13-/m1/s1. The fourth-order valence-corrected chi connectivity index (χ4v) is 4.87. The SMILES string of the molecule is CCOC(=O)C1=C(Cl)C[C@@H]2[C@@H]([C@@H](C)O[Si](C)(C)C(C)(C)C)C(=O)N12. The van der Waals surface area contributed by atoms with Gasteiger partial charge in [-0.25, -0.2) is 4.79 Å². The first-order valence-electron chi connectivity index (χ1n) is 8.49. The summed E-state index contributed by atoms with van der Waals surface area (Å²) in [5.41, 5.74) is 0.212. The summed E-state index contributed by atoms with van der Waals surface area (Å²) in [5.74, 6) is -0.862. The van der Waals surface area contributed by atoms with E-state index in [0.717, 1.165) is 0 Å². The van der Waals surface area contributed by atoms with Gasteiger partial charge in [0, 0.05) is 6.42 Å². The molecule has 7 heteroatoms. The van der Waals surface area contributed by atoms with Gasteiger partial charge in [0.05, 0.1) is 29.7 Å². The smallest absolute Gasteiger partial charge is 0.356 e. The summed E-state index contributed by atoms with van der Waals surface area (Å²) in [6, 6.07) is -0.0934. The number of carbonyl (C=O) groups is 2. The zero-order chi connectivity index (χ0) is 18.4. The van der Waals surface area contributed by atoms with Crippen molar-refractivity contribution in [2.24, 2.45) is 5.92 Å². The third-order valence-electron chi connectivity index (χ3n) is 5.42. The van der Waals surface area contributed by atoms with E-state index in [1.165, 1.54) is 4.90 Å². The van der Waals surface area contributed by atoms with Crippen molar-refractivity contribution in [1.82, 2.24) is 4.90 Å². The summed E-state index contributed by atoms with van der Waals surface area (Å²) in [6.45, 7) is 14.8. The Kier molecular flexibility index (Phi) is 5.24. The molecule has 0 N–H and O–H groups in total. The summed E-state index contributed by atoms with van der Waals surface area (Å²) in [4.78, 5) is 26.2. The molecule has 1 saturated heterocycles. The third-order valence-corrected chi connectivity index (χ3v) is 10.3. The molecular weight excluding hydrogens is 346 g/mol. The second-order valence-corrected chi connectivity index (χ2v) is 13.3. The first-order valence-corrected chi connectivity index (χ1v) is 11.8. The third kappa shape index (κ3) is 3.16. The second kappa shape index (κ2) is 6.46. The fraction of sp³-hybridized carbons (Fsp3) is 0.765. The van der Waals surface area contributed by atoms with Crippen molar-refractivity contribution in [1.29, 1.82) is 0 Å². The molecule has 0 spiro atoms. The number of rotatable bonds is 5. The molecule has 0 saturated carbocycles. The number of fused-ring (bicyclic) bond motifs is 1. The minimum absolute atomic E-state index is 0.0788. The largest absolute Gasteiger partial charge is 0.461 e. The minimum atomic E-state index is -1.96. The number of nitrogens with zero attached hydrogens (tertiary/aromatic N) is 1. The highest BCUT2D eigenvalue weighted by atomic mass is 35.5. The van der Waals surface area contributed by atoms with E-state index in [-0.39, 0.29) is 41.3 Å². The van der Waals surface area contributed by atoms with Crippen LogP contribution in [0.4, 0.5) is 0 Å². The topological polar surface area (TPSA) is 55.8 Å². The van der Waals surface area contributed by atoms with Crippen molar-refractivity contribution in [3.63, 3.8) is 0 Å². The van der Waals surface area contributed by atoms with Gasteiger partial charge in [-0.2, -0.15) is 0 Å². The first-order chi connectivity index (χ1) is 10.9. The summed E-state index contributed by atoms with van der Waals surface area (Å²) in [5, 5.41) is 0.490. The van der Waals surface area contributed by atoms with Gasteiger partial charge in [-0.05, 0) is 32.0 Å². The maximum atomic E-state index is 12.6. The maximum Gasteiger partial charge on any atom is 0.356 e. The molecular formula is C17H28ClNO4Si. The molecule has 24 heavy (non-hydrogen) atoms. The Balaban J connectivity index is 2.11. The van der Waals surface area contributed by atoms with Gasteiger partial charge >= 0.3 is 5.97 Å². The average molecular weight is 374 g/mol. The second-order valence-electron chi connectivity index (χ2n) is 8.06. The van der Waals surface area contributed by atoms with Crippen LogP contribution >= 0.6 is 11.6 Å². The molecule has 0 aliphatic carbocycles. The van der Waals surface area contributed by atoms with Crippen LogP contribution in [0.2, 0.25) is 18.1 Å². The summed E-state index contributed by atoms with van der Waals surface area (Å²) in [6.07, 6.45) is 0.308. The molecule has 2 aliphatic rings. The number of β-lactam (4-membered cyclic amide) rings is 1. The van der Waals surface area contributed by atoms with Gasteiger partial charge in [0.2, 0.25) is 5.91 Å². The number of halogens is 1. The summed E-state index contributed by atoms with van der Waals surface area (Å²) >= 11 is 6.23. The number of hydrogen-bond acceptors (Lipinski definition) is 4. The predicted octanol–water partition coefficient (Wildman–Crippen LogP) is 3.64. The Morgan fingerprint density at radius 3 is 2.50 bits per heavy atom. The molecule has 2 rings (SSSR count). The molecule has 0 bridgehead atoms. The molecule has 0 aromatic heterocycles. The van der Waals surface area contributed by atoms with Crippen molar-refractivity contribution in [3.05, 3.63) is 10.7 Å². The van der Waals surface area contributed by atoms with Crippen LogP contribution in [-0.2, 0) is 18.8 Å². The number of amides is 1. The lowest BCUT2D eigenvalue weighted by Gasteiger charge is -2.48. The lowest BCUT2D eigenvalue weighted by molar-refractivity contribution is -0.161. The van der Waals surface area contributed by atoms with E-state index >= 15 is 0 Å². The molecule has 0 radical (unpaired) electrons. The Labute approximate surface area is 150 Å². The highest BCUT2D eigenvalue weighted by Crippen LogP contribution is 2.47. The summed E-state index contributed by atoms with van der Waals surface area (Å²) in [7, 11) is -1.96. The van der Waals surface area contributed by atoms with E-state index in [1.54, 1.807) is 6.92 Å². The van der Waals surface area contributed by atoms with Crippen LogP contribution in [0.5, 0.6) is 0 Å². The average Bonchev–Trinajstić information content (AvgIpc) is 2.70. The van der Waals surface area contributed by atoms with Crippen molar-refractivity contribution in [2.45, 2.75) is 71.3 Å². The zero-order valence-electron chi connectivity index (χ0n) is 15.6. The Morgan fingerprint density at radius 1 is 1.42 bits per heavy atom. The van der Waals surface area contributed by atoms with Crippen LogP contribution in [0.3, 0.4) is 0 Å². The Bertz CT molecular complexity index is 582. The monoisotopic (exact) mass is 373 g/mol. The highest BCUT2D eigenvalue weighted by molar-refractivity contribution is 6.74.